The van der Waals surface area contributed by atoms with Crippen molar-refractivity contribution in [1.29, 1.82) is 0 Å². The molecule has 1 aliphatic heterocycles. The fourth-order valence-corrected chi connectivity index (χ4v) is 3.91. The van der Waals surface area contributed by atoms with Gasteiger partial charge in [0.15, 0.2) is 0 Å². The van der Waals surface area contributed by atoms with Crippen LogP contribution in [0.5, 0.6) is 5.75 Å². The van der Waals surface area contributed by atoms with Gasteiger partial charge in [0.1, 0.15) is 5.75 Å². The summed E-state index contributed by atoms with van der Waals surface area (Å²) in [5.74, 6) is 0.500. The van der Waals surface area contributed by atoms with Crippen molar-refractivity contribution in [3.63, 3.8) is 0 Å². The molecule has 8 heteroatoms. The van der Waals surface area contributed by atoms with E-state index < -0.39 is 21.9 Å². The Bertz CT molecular complexity index is 920. The highest BCUT2D eigenvalue weighted by atomic mass is 32.2. The lowest BCUT2D eigenvalue weighted by molar-refractivity contribution is -0.246. The molecule has 0 spiro atoms. The fourth-order valence-electron chi connectivity index (χ4n) is 2.71. The third kappa shape index (κ3) is 3.31. The number of alkyl halides is 3. The highest BCUT2D eigenvalue weighted by molar-refractivity contribution is 7.86. The van der Waals surface area contributed by atoms with E-state index in [0.717, 1.165) is 12.5 Å². The zero-order chi connectivity index (χ0) is 19.2. The Kier molecular flexibility index (Phi) is 4.52. The Morgan fingerprint density at radius 2 is 1.73 bits per heavy atom. The summed E-state index contributed by atoms with van der Waals surface area (Å²) >= 11 is 0. The molecule has 0 aliphatic carbocycles. The van der Waals surface area contributed by atoms with Crippen molar-refractivity contribution in [3.8, 4) is 5.75 Å². The van der Waals surface area contributed by atoms with Crippen LogP contribution in [0, 0.1) is 6.92 Å². The molecule has 3 rings (SSSR count). The molecule has 0 saturated heterocycles. The summed E-state index contributed by atoms with van der Waals surface area (Å²) in [7, 11) is -4.63. The molecule has 0 bridgehead atoms. The Balaban J connectivity index is 2.05. The van der Waals surface area contributed by atoms with Crippen LogP contribution in [0.15, 0.2) is 47.4 Å². The summed E-state index contributed by atoms with van der Waals surface area (Å²) in [5.41, 5.74) is -1.94. The summed E-state index contributed by atoms with van der Waals surface area (Å²) in [5, 5.41) is 0. The van der Waals surface area contributed by atoms with Gasteiger partial charge in [-0.2, -0.15) is 21.6 Å². The Morgan fingerprint density at radius 3 is 2.35 bits per heavy atom. The SMILES string of the molecule is Cc1ccc(S(=O)(=O)OC(C)(c2ccc3c(c2)CCO3)C(F)(F)F)cc1. The molecule has 0 saturated carbocycles. The molecular weight excluding hydrogens is 369 g/mol. The molecule has 26 heavy (non-hydrogen) atoms. The number of benzene rings is 2. The van der Waals surface area contributed by atoms with Crippen LogP contribution in [-0.4, -0.2) is 21.2 Å². The molecule has 140 valence electrons. The molecule has 0 amide bonds. The molecule has 1 aliphatic rings. The first-order valence-corrected chi connectivity index (χ1v) is 9.29. The second-order valence-electron chi connectivity index (χ2n) is 6.30. The quantitative estimate of drug-likeness (QED) is 0.742. The summed E-state index contributed by atoms with van der Waals surface area (Å²) < 4.78 is 76.5. The molecule has 1 heterocycles. The van der Waals surface area contributed by atoms with Crippen molar-refractivity contribution in [2.75, 3.05) is 6.61 Å². The van der Waals surface area contributed by atoms with Gasteiger partial charge in [-0.3, -0.25) is 0 Å². The van der Waals surface area contributed by atoms with Gasteiger partial charge in [0.2, 0.25) is 5.60 Å². The van der Waals surface area contributed by atoms with Crippen molar-refractivity contribution in [3.05, 3.63) is 59.2 Å². The van der Waals surface area contributed by atoms with Crippen LogP contribution in [0.25, 0.3) is 0 Å². The van der Waals surface area contributed by atoms with Gasteiger partial charge >= 0.3 is 6.18 Å². The number of hydrogen-bond donors (Lipinski definition) is 0. The highest BCUT2D eigenvalue weighted by Crippen LogP contribution is 2.45. The largest absolute Gasteiger partial charge is 0.493 e. The molecule has 4 nitrogen and oxygen atoms in total. The lowest BCUT2D eigenvalue weighted by Gasteiger charge is -2.32. The standard InChI is InChI=1S/C18H17F3O4S/c1-12-3-6-15(7-4-12)26(22,23)25-17(2,18(19,20)21)14-5-8-16-13(11-14)9-10-24-16/h3-8,11H,9-10H2,1-2H3. The van der Waals surface area contributed by atoms with E-state index in [1.165, 1.54) is 42.5 Å². The molecule has 0 fully saturated rings. The topological polar surface area (TPSA) is 52.6 Å². The van der Waals surface area contributed by atoms with Gasteiger partial charge in [0.25, 0.3) is 10.1 Å². The monoisotopic (exact) mass is 386 g/mol. The van der Waals surface area contributed by atoms with Gasteiger partial charge in [0.05, 0.1) is 11.5 Å². The first kappa shape index (κ1) is 18.7. The minimum atomic E-state index is -4.95. The van der Waals surface area contributed by atoms with Gasteiger partial charge in [0, 0.05) is 6.42 Å². The highest BCUT2D eigenvalue weighted by Gasteiger charge is 2.57. The maximum atomic E-state index is 13.8. The molecule has 1 unspecified atom stereocenters. The molecule has 2 aromatic rings. The Labute approximate surface area is 149 Å². The van der Waals surface area contributed by atoms with Crippen LogP contribution in [0.3, 0.4) is 0 Å². The van der Waals surface area contributed by atoms with E-state index in [2.05, 4.69) is 0 Å². The predicted molar refractivity (Wildman–Crippen MR) is 88.5 cm³/mol. The molecule has 2 aromatic carbocycles. The lowest BCUT2D eigenvalue weighted by atomic mass is 9.93. The number of ether oxygens (including phenoxy) is 1. The van der Waals surface area contributed by atoms with E-state index >= 15 is 0 Å². The summed E-state index contributed by atoms with van der Waals surface area (Å²) in [6.45, 7) is 2.84. The normalized spacial score (nSPS) is 16.7. The van der Waals surface area contributed by atoms with Gasteiger partial charge < -0.3 is 4.74 Å². The molecule has 1 atom stereocenters. The minimum Gasteiger partial charge on any atom is -0.493 e. The lowest BCUT2D eigenvalue weighted by Crippen LogP contribution is -2.43. The third-order valence-corrected chi connectivity index (χ3v) is 5.77. The van der Waals surface area contributed by atoms with Crippen molar-refractivity contribution in [1.82, 2.24) is 0 Å². The van der Waals surface area contributed by atoms with Crippen LogP contribution in [-0.2, 0) is 26.3 Å². The van der Waals surface area contributed by atoms with Crippen LogP contribution in [0.4, 0.5) is 13.2 Å². The molecule has 0 radical (unpaired) electrons. The van der Waals surface area contributed by atoms with Gasteiger partial charge in [-0.05, 0) is 49.2 Å². The zero-order valence-electron chi connectivity index (χ0n) is 14.1. The van der Waals surface area contributed by atoms with Gasteiger partial charge in [-0.15, -0.1) is 0 Å². The first-order valence-electron chi connectivity index (χ1n) is 7.88. The average Bonchev–Trinajstić information content (AvgIpc) is 3.01. The summed E-state index contributed by atoms with van der Waals surface area (Å²) in [6, 6.07) is 9.31. The van der Waals surface area contributed by atoms with Crippen molar-refractivity contribution >= 4 is 10.1 Å². The third-order valence-electron chi connectivity index (χ3n) is 4.37. The maximum absolute atomic E-state index is 13.8. The van der Waals surface area contributed by atoms with Crippen molar-refractivity contribution in [2.24, 2.45) is 0 Å². The minimum absolute atomic E-state index is 0.287. The van der Waals surface area contributed by atoms with E-state index in [1.54, 1.807) is 6.92 Å². The van der Waals surface area contributed by atoms with Crippen LogP contribution in [0.2, 0.25) is 0 Å². The van der Waals surface area contributed by atoms with Crippen LogP contribution >= 0.6 is 0 Å². The maximum Gasteiger partial charge on any atom is 0.422 e. The smallest absolute Gasteiger partial charge is 0.422 e. The second-order valence-corrected chi connectivity index (χ2v) is 7.85. The van der Waals surface area contributed by atoms with Crippen molar-refractivity contribution < 1.29 is 30.5 Å². The fraction of sp³-hybridized carbons (Fsp3) is 0.333. The predicted octanol–water partition coefficient (Wildman–Crippen LogP) is 4.11. The zero-order valence-corrected chi connectivity index (χ0v) is 14.9. The van der Waals surface area contributed by atoms with Crippen LogP contribution < -0.4 is 4.74 Å². The van der Waals surface area contributed by atoms with Gasteiger partial charge in [-0.25, -0.2) is 4.18 Å². The number of hydrogen-bond acceptors (Lipinski definition) is 4. The number of rotatable bonds is 4. The number of halogens is 3. The molecule has 0 aromatic heterocycles. The Hall–Kier alpha value is -2.06. The molecular formula is C18H17F3O4S. The average molecular weight is 386 g/mol. The summed E-state index contributed by atoms with van der Waals surface area (Å²) in [6.07, 6.45) is -4.49. The first-order chi connectivity index (χ1) is 12.0. The Morgan fingerprint density at radius 1 is 1.08 bits per heavy atom. The molecule has 0 N–H and O–H groups in total. The van der Waals surface area contributed by atoms with E-state index in [4.69, 9.17) is 8.92 Å². The van der Waals surface area contributed by atoms with E-state index in [9.17, 15) is 21.6 Å². The van der Waals surface area contributed by atoms with Crippen LogP contribution in [0.1, 0.15) is 23.6 Å². The van der Waals surface area contributed by atoms with E-state index in [-0.39, 0.29) is 10.5 Å². The summed E-state index contributed by atoms with van der Waals surface area (Å²) in [4.78, 5) is -0.330. The van der Waals surface area contributed by atoms with E-state index in [1.807, 2.05) is 0 Å². The van der Waals surface area contributed by atoms with Gasteiger partial charge in [-0.1, -0.05) is 23.8 Å². The number of aryl methyl sites for hydroxylation is 1. The second kappa shape index (κ2) is 6.28. The number of fused-ring (bicyclic) bond motifs is 1. The van der Waals surface area contributed by atoms with Crippen molar-refractivity contribution in [2.45, 2.75) is 36.9 Å². The van der Waals surface area contributed by atoms with E-state index in [0.29, 0.717) is 24.3 Å².